The lowest BCUT2D eigenvalue weighted by molar-refractivity contribution is -0.145. The molecule has 132 valence electrons. The van der Waals surface area contributed by atoms with E-state index < -0.39 is 24.5 Å². The monoisotopic (exact) mass is 342 g/mol. The number of hydrogen-bond donors (Lipinski definition) is 1. The van der Waals surface area contributed by atoms with Gasteiger partial charge in [0.15, 0.2) is 0 Å². The van der Waals surface area contributed by atoms with Gasteiger partial charge in [0, 0.05) is 19.5 Å². The van der Waals surface area contributed by atoms with Gasteiger partial charge in [0.25, 0.3) is 0 Å². The molecule has 0 aromatic heterocycles. The van der Waals surface area contributed by atoms with Gasteiger partial charge < -0.3 is 10.2 Å². The number of nitrogens with one attached hydrogen (secondary N) is 1. The molecule has 2 amide bonds. The molecule has 2 rings (SSSR count). The van der Waals surface area contributed by atoms with Crippen LogP contribution >= 0.6 is 0 Å². The molecule has 1 atom stereocenters. The minimum Gasteiger partial charge on any atom is -0.347 e. The van der Waals surface area contributed by atoms with Gasteiger partial charge in [-0.1, -0.05) is 30.3 Å². The Hall–Kier alpha value is -2.05. The Morgan fingerprint density at radius 3 is 2.62 bits per heavy atom. The maximum atomic E-state index is 12.2. The summed E-state index contributed by atoms with van der Waals surface area (Å²) in [5.41, 5.74) is 1.17. The van der Waals surface area contributed by atoms with E-state index in [1.54, 1.807) is 4.90 Å². The van der Waals surface area contributed by atoms with Crippen LogP contribution in [0.15, 0.2) is 30.3 Å². The Bertz CT molecular complexity index is 561. The van der Waals surface area contributed by atoms with Gasteiger partial charge in [-0.2, -0.15) is 13.2 Å². The van der Waals surface area contributed by atoms with Crippen LogP contribution in [0.4, 0.5) is 13.2 Å². The molecule has 1 aromatic rings. The van der Waals surface area contributed by atoms with Crippen LogP contribution in [-0.2, 0) is 16.0 Å². The third-order valence-corrected chi connectivity index (χ3v) is 4.07. The van der Waals surface area contributed by atoms with E-state index >= 15 is 0 Å². The third kappa shape index (κ3) is 5.86. The van der Waals surface area contributed by atoms with Gasteiger partial charge in [-0.05, 0) is 24.8 Å². The number of alkyl halides is 3. The summed E-state index contributed by atoms with van der Waals surface area (Å²) in [6.45, 7) is -0.627. The number of piperidine rings is 1. The van der Waals surface area contributed by atoms with Crippen LogP contribution in [0.25, 0.3) is 0 Å². The summed E-state index contributed by atoms with van der Waals surface area (Å²) in [6.07, 6.45) is -2.34. The van der Waals surface area contributed by atoms with Gasteiger partial charge in [0.05, 0.1) is 5.92 Å². The molecule has 0 aliphatic carbocycles. The lowest BCUT2D eigenvalue weighted by Gasteiger charge is -2.32. The van der Waals surface area contributed by atoms with Crippen LogP contribution in [0.3, 0.4) is 0 Å². The second-order valence-electron chi connectivity index (χ2n) is 6.00. The molecule has 1 aliphatic rings. The molecule has 1 fully saturated rings. The first-order valence-electron chi connectivity index (χ1n) is 8.01. The van der Waals surface area contributed by atoms with Crippen LogP contribution in [0.2, 0.25) is 0 Å². The maximum Gasteiger partial charge on any atom is 0.405 e. The quantitative estimate of drug-likeness (QED) is 0.864. The molecule has 4 nitrogen and oxygen atoms in total. The van der Waals surface area contributed by atoms with E-state index in [1.807, 2.05) is 35.6 Å². The Morgan fingerprint density at radius 1 is 1.25 bits per heavy atom. The number of benzene rings is 1. The zero-order chi connectivity index (χ0) is 17.6. The van der Waals surface area contributed by atoms with Crippen LogP contribution in [0.1, 0.15) is 24.8 Å². The van der Waals surface area contributed by atoms with Gasteiger partial charge in [-0.3, -0.25) is 9.59 Å². The molecule has 0 unspecified atom stereocenters. The van der Waals surface area contributed by atoms with Crippen molar-refractivity contribution in [3.63, 3.8) is 0 Å². The van der Waals surface area contributed by atoms with E-state index in [0.29, 0.717) is 13.0 Å². The molecule has 1 aromatic carbocycles. The van der Waals surface area contributed by atoms with Crippen molar-refractivity contribution in [2.45, 2.75) is 31.9 Å². The number of carbonyl (C=O) groups is 2. The van der Waals surface area contributed by atoms with Crippen molar-refractivity contribution in [1.82, 2.24) is 10.2 Å². The largest absolute Gasteiger partial charge is 0.405 e. The predicted octanol–water partition coefficient (Wildman–Crippen LogP) is 2.54. The third-order valence-electron chi connectivity index (χ3n) is 4.07. The first-order valence-corrected chi connectivity index (χ1v) is 8.01. The van der Waals surface area contributed by atoms with E-state index in [2.05, 4.69) is 0 Å². The lowest BCUT2D eigenvalue weighted by atomic mass is 9.96. The number of hydrogen-bond acceptors (Lipinski definition) is 2. The number of rotatable bonds is 6. The molecule has 0 saturated carbocycles. The highest BCUT2D eigenvalue weighted by atomic mass is 19.4. The highest BCUT2D eigenvalue weighted by Gasteiger charge is 2.33. The molecule has 0 spiro atoms. The normalized spacial score (nSPS) is 18.5. The number of carbonyl (C=O) groups excluding carboxylic acids is 2. The van der Waals surface area contributed by atoms with E-state index in [9.17, 15) is 22.8 Å². The van der Waals surface area contributed by atoms with Crippen molar-refractivity contribution in [2.75, 3.05) is 19.6 Å². The second kappa shape index (κ2) is 8.17. The summed E-state index contributed by atoms with van der Waals surface area (Å²) < 4.78 is 36.5. The van der Waals surface area contributed by atoms with Crippen molar-refractivity contribution in [3.05, 3.63) is 35.9 Å². The molecule has 0 radical (unpaired) electrons. The Kier molecular flexibility index (Phi) is 6.23. The van der Waals surface area contributed by atoms with E-state index in [1.165, 1.54) is 5.56 Å². The summed E-state index contributed by atoms with van der Waals surface area (Å²) in [6, 6.07) is 9.84. The lowest BCUT2D eigenvalue weighted by Crippen LogP contribution is -2.47. The maximum absolute atomic E-state index is 12.2. The minimum absolute atomic E-state index is 0.0390. The molecule has 24 heavy (non-hydrogen) atoms. The van der Waals surface area contributed by atoms with Gasteiger partial charge >= 0.3 is 6.18 Å². The van der Waals surface area contributed by atoms with Crippen LogP contribution in [0.5, 0.6) is 0 Å². The van der Waals surface area contributed by atoms with E-state index in [4.69, 9.17) is 0 Å². The number of halogens is 3. The summed E-state index contributed by atoms with van der Waals surface area (Å²) in [5, 5.41) is 1.91. The van der Waals surface area contributed by atoms with Gasteiger partial charge in [0.2, 0.25) is 11.8 Å². The smallest absolute Gasteiger partial charge is 0.347 e. The van der Waals surface area contributed by atoms with Crippen molar-refractivity contribution in [2.24, 2.45) is 5.92 Å². The van der Waals surface area contributed by atoms with Crippen LogP contribution < -0.4 is 5.32 Å². The molecular weight excluding hydrogens is 321 g/mol. The first-order chi connectivity index (χ1) is 11.3. The fourth-order valence-corrected chi connectivity index (χ4v) is 2.80. The summed E-state index contributed by atoms with van der Waals surface area (Å²) in [5.74, 6) is -1.24. The highest BCUT2D eigenvalue weighted by Crippen LogP contribution is 2.19. The zero-order valence-corrected chi connectivity index (χ0v) is 13.3. The molecule has 1 heterocycles. The predicted molar refractivity (Wildman–Crippen MR) is 83.1 cm³/mol. The fourth-order valence-electron chi connectivity index (χ4n) is 2.80. The molecule has 1 saturated heterocycles. The fraction of sp³-hybridized carbons (Fsp3) is 0.529. The average molecular weight is 342 g/mol. The van der Waals surface area contributed by atoms with Gasteiger partial charge in [0.1, 0.15) is 6.54 Å². The van der Waals surface area contributed by atoms with Crippen molar-refractivity contribution < 1.29 is 22.8 Å². The van der Waals surface area contributed by atoms with Crippen molar-refractivity contribution in [1.29, 1.82) is 0 Å². The Morgan fingerprint density at radius 2 is 1.96 bits per heavy atom. The van der Waals surface area contributed by atoms with Crippen molar-refractivity contribution >= 4 is 11.8 Å². The molecule has 7 heteroatoms. The number of likely N-dealkylation sites (tertiary alicyclic amines) is 1. The van der Waals surface area contributed by atoms with Gasteiger partial charge in [-0.25, -0.2) is 0 Å². The van der Waals surface area contributed by atoms with E-state index in [0.717, 1.165) is 12.8 Å². The topological polar surface area (TPSA) is 49.4 Å². The average Bonchev–Trinajstić information content (AvgIpc) is 2.54. The number of amides is 2. The van der Waals surface area contributed by atoms with Gasteiger partial charge in [-0.15, -0.1) is 0 Å². The highest BCUT2D eigenvalue weighted by molar-refractivity contribution is 5.83. The molecule has 1 aliphatic heterocycles. The molecule has 1 N–H and O–H groups in total. The van der Waals surface area contributed by atoms with Crippen LogP contribution in [-0.4, -0.2) is 42.5 Å². The van der Waals surface area contributed by atoms with Crippen molar-refractivity contribution in [3.8, 4) is 0 Å². The minimum atomic E-state index is -4.42. The Labute approximate surface area is 139 Å². The SMILES string of the molecule is O=C(NCC(F)(F)F)[C@@H]1CCC(=O)N(CCCc2ccccc2)C1. The summed E-state index contributed by atoms with van der Waals surface area (Å²) >= 11 is 0. The van der Waals surface area contributed by atoms with Crippen LogP contribution in [0, 0.1) is 5.92 Å². The second-order valence-corrected chi connectivity index (χ2v) is 6.00. The molecule has 0 bridgehead atoms. The first kappa shape index (κ1) is 18.3. The Balaban J connectivity index is 1.79. The number of nitrogens with zero attached hydrogens (tertiary/aromatic N) is 1. The molecular formula is C17H21F3N2O2. The van der Waals surface area contributed by atoms with E-state index in [-0.39, 0.29) is 18.9 Å². The standard InChI is InChI=1S/C17H21F3N2O2/c18-17(19,20)12-21-16(24)14-8-9-15(23)22(11-14)10-4-7-13-5-2-1-3-6-13/h1-3,5-6,14H,4,7-12H2,(H,21,24)/t14-/m1/s1. The zero-order valence-electron chi connectivity index (χ0n) is 13.3. The summed E-state index contributed by atoms with van der Waals surface area (Å²) in [4.78, 5) is 25.4. The summed E-state index contributed by atoms with van der Waals surface area (Å²) in [7, 11) is 0. The number of aryl methyl sites for hydroxylation is 1.